The van der Waals surface area contributed by atoms with Crippen LogP contribution in [0, 0.1) is 34.9 Å². The van der Waals surface area contributed by atoms with Gasteiger partial charge in [-0.3, -0.25) is 0 Å². The Hall–Kier alpha value is -1.76. The minimum atomic E-state index is -2.31. The lowest BCUT2D eigenvalue weighted by Crippen LogP contribution is -2.04. The Bertz CT molecular complexity index is 644. The van der Waals surface area contributed by atoms with Crippen LogP contribution < -0.4 is 0 Å². The van der Waals surface area contributed by atoms with Crippen molar-refractivity contribution in [3.8, 4) is 11.1 Å². The molecule has 0 unspecified atom stereocenters. The molecule has 0 fully saturated rings. The monoisotopic (exact) mass is 297 g/mol. The molecule has 0 spiro atoms. The van der Waals surface area contributed by atoms with Crippen molar-refractivity contribution in [2.75, 3.05) is 0 Å². The molecule has 0 saturated carbocycles. The van der Waals surface area contributed by atoms with Gasteiger partial charge in [0, 0.05) is 5.56 Å². The first-order valence-corrected chi connectivity index (χ1v) is 5.05. The zero-order chi connectivity index (χ0) is 14.3. The van der Waals surface area contributed by atoms with E-state index in [1.807, 2.05) is 0 Å². The molecule has 0 saturated heterocycles. The second kappa shape index (κ2) is 4.73. The van der Waals surface area contributed by atoms with Crippen LogP contribution in [-0.4, -0.2) is 4.98 Å². The number of hydrogen-bond donors (Lipinski definition) is 0. The van der Waals surface area contributed by atoms with E-state index in [-0.39, 0.29) is 0 Å². The number of pyridine rings is 1. The highest BCUT2D eigenvalue weighted by atomic mass is 35.5. The standard InChI is InChI=1S/C11H2ClF6N/c12-11-4(1-3(13)2-19-11)5-6(14)8(16)10(18)9(17)7(5)15/h1-2H. The van der Waals surface area contributed by atoms with Gasteiger partial charge in [-0.2, -0.15) is 0 Å². The molecule has 0 amide bonds. The highest BCUT2D eigenvalue weighted by Gasteiger charge is 2.28. The number of rotatable bonds is 1. The van der Waals surface area contributed by atoms with Crippen molar-refractivity contribution in [3.05, 3.63) is 52.3 Å². The molecule has 0 aliphatic rings. The maximum atomic E-state index is 13.5. The second-order valence-electron chi connectivity index (χ2n) is 3.44. The zero-order valence-electron chi connectivity index (χ0n) is 8.75. The van der Waals surface area contributed by atoms with Crippen LogP contribution in [0.5, 0.6) is 0 Å². The van der Waals surface area contributed by atoms with Gasteiger partial charge < -0.3 is 0 Å². The molecule has 0 N–H and O–H groups in total. The summed E-state index contributed by atoms with van der Waals surface area (Å²) in [5.41, 5.74) is -2.05. The van der Waals surface area contributed by atoms with Gasteiger partial charge in [-0.25, -0.2) is 31.3 Å². The van der Waals surface area contributed by atoms with Crippen LogP contribution in [0.4, 0.5) is 26.3 Å². The number of aromatic nitrogens is 1. The van der Waals surface area contributed by atoms with Gasteiger partial charge in [-0.05, 0) is 6.07 Å². The molecule has 0 radical (unpaired) electrons. The number of nitrogens with zero attached hydrogens (tertiary/aromatic N) is 1. The van der Waals surface area contributed by atoms with Crippen molar-refractivity contribution in [3.63, 3.8) is 0 Å². The van der Waals surface area contributed by atoms with Gasteiger partial charge in [-0.1, -0.05) is 11.6 Å². The van der Waals surface area contributed by atoms with E-state index in [4.69, 9.17) is 11.6 Å². The quantitative estimate of drug-likeness (QED) is 0.332. The highest BCUT2D eigenvalue weighted by molar-refractivity contribution is 6.32. The average molecular weight is 298 g/mol. The molecule has 0 aliphatic carbocycles. The lowest BCUT2D eigenvalue weighted by molar-refractivity contribution is 0.381. The SMILES string of the molecule is Fc1cnc(Cl)c(-c2c(F)c(F)c(F)c(F)c2F)c1. The first kappa shape index (κ1) is 13.7. The molecule has 0 bridgehead atoms. The molecule has 0 aliphatic heterocycles. The van der Waals surface area contributed by atoms with E-state index in [1.165, 1.54) is 0 Å². The highest BCUT2D eigenvalue weighted by Crippen LogP contribution is 2.34. The van der Waals surface area contributed by atoms with E-state index in [9.17, 15) is 26.3 Å². The van der Waals surface area contributed by atoms with Gasteiger partial charge in [0.2, 0.25) is 5.82 Å². The van der Waals surface area contributed by atoms with Gasteiger partial charge in [0.15, 0.2) is 23.3 Å². The van der Waals surface area contributed by atoms with E-state index in [0.29, 0.717) is 12.3 Å². The maximum absolute atomic E-state index is 13.5. The first-order valence-electron chi connectivity index (χ1n) is 4.67. The zero-order valence-corrected chi connectivity index (χ0v) is 9.50. The summed E-state index contributed by atoms with van der Waals surface area (Å²) in [6, 6.07) is 0.521. The minimum Gasteiger partial charge on any atom is -0.241 e. The third kappa shape index (κ3) is 2.14. The van der Waals surface area contributed by atoms with Gasteiger partial charge in [0.05, 0.1) is 11.8 Å². The lowest BCUT2D eigenvalue weighted by atomic mass is 10.1. The summed E-state index contributed by atoms with van der Waals surface area (Å²) in [4.78, 5) is 3.24. The Balaban J connectivity index is 2.87. The average Bonchev–Trinajstić information content (AvgIpc) is 2.38. The summed E-state index contributed by atoms with van der Waals surface area (Å²) in [5.74, 6) is -11.8. The molecular weight excluding hydrogens is 296 g/mol. The van der Waals surface area contributed by atoms with Crippen LogP contribution in [0.15, 0.2) is 12.3 Å². The van der Waals surface area contributed by atoms with Crippen molar-refractivity contribution in [2.45, 2.75) is 0 Å². The smallest absolute Gasteiger partial charge is 0.200 e. The Morgan fingerprint density at radius 2 is 1.26 bits per heavy atom. The third-order valence-corrected chi connectivity index (χ3v) is 2.59. The molecule has 2 aromatic rings. The number of benzene rings is 1. The van der Waals surface area contributed by atoms with E-state index in [2.05, 4.69) is 4.98 Å². The summed E-state index contributed by atoms with van der Waals surface area (Å²) in [7, 11) is 0. The fourth-order valence-corrected chi connectivity index (χ4v) is 1.64. The Morgan fingerprint density at radius 1 is 0.789 bits per heavy atom. The summed E-state index contributed by atoms with van der Waals surface area (Å²) in [6.07, 6.45) is 0.637. The lowest BCUT2D eigenvalue weighted by Gasteiger charge is -2.09. The summed E-state index contributed by atoms with van der Waals surface area (Å²) >= 11 is 5.47. The topological polar surface area (TPSA) is 12.9 Å². The van der Waals surface area contributed by atoms with E-state index in [1.54, 1.807) is 0 Å². The maximum Gasteiger partial charge on any atom is 0.200 e. The van der Waals surface area contributed by atoms with E-state index < -0.39 is 51.2 Å². The number of halogens is 7. The largest absolute Gasteiger partial charge is 0.241 e. The molecule has 100 valence electrons. The molecule has 1 aromatic carbocycles. The Kier molecular flexibility index (Phi) is 3.40. The minimum absolute atomic E-state index is 0.521. The van der Waals surface area contributed by atoms with Crippen LogP contribution in [0.3, 0.4) is 0 Å². The third-order valence-electron chi connectivity index (χ3n) is 2.28. The normalized spacial score (nSPS) is 10.9. The van der Waals surface area contributed by atoms with Gasteiger partial charge >= 0.3 is 0 Å². The van der Waals surface area contributed by atoms with Crippen LogP contribution in [0.25, 0.3) is 11.1 Å². The van der Waals surface area contributed by atoms with Gasteiger partial charge in [0.1, 0.15) is 11.0 Å². The van der Waals surface area contributed by atoms with Crippen molar-refractivity contribution >= 4 is 11.6 Å². The molecule has 1 nitrogen and oxygen atoms in total. The van der Waals surface area contributed by atoms with E-state index in [0.717, 1.165) is 0 Å². The van der Waals surface area contributed by atoms with Gasteiger partial charge in [0.25, 0.3) is 0 Å². The van der Waals surface area contributed by atoms with Crippen molar-refractivity contribution in [1.29, 1.82) is 0 Å². The predicted octanol–water partition coefficient (Wildman–Crippen LogP) is 4.24. The fraction of sp³-hybridized carbons (Fsp3) is 0. The van der Waals surface area contributed by atoms with Crippen molar-refractivity contribution in [1.82, 2.24) is 4.98 Å². The molecule has 2 rings (SSSR count). The van der Waals surface area contributed by atoms with Crippen LogP contribution in [0.1, 0.15) is 0 Å². The number of hydrogen-bond acceptors (Lipinski definition) is 1. The first-order chi connectivity index (χ1) is 8.84. The second-order valence-corrected chi connectivity index (χ2v) is 3.79. The molecular formula is C11H2ClF6N. The van der Waals surface area contributed by atoms with Crippen molar-refractivity contribution in [2.24, 2.45) is 0 Å². The molecule has 1 heterocycles. The van der Waals surface area contributed by atoms with E-state index >= 15 is 0 Å². The molecule has 0 atom stereocenters. The summed E-state index contributed by atoms with van der Waals surface area (Å²) in [5, 5.41) is -0.593. The Morgan fingerprint density at radius 3 is 1.79 bits per heavy atom. The van der Waals surface area contributed by atoms with Crippen LogP contribution in [-0.2, 0) is 0 Å². The fourth-order valence-electron chi connectivity index (χ4n) is 1.44. The summed E-state index contributed by atoms with van der Waals surface area (Å²) < 4.78 is 78.7. The summed E-state index contributed by atoms with van der Waals surface area (Å²) in [6.45, 7) is 0. The molecule has 19 heavy (non-hydrogen) atoms. The predicted molar refractivity (Wildman–Crippen MR) is 54.4 cm³/mol. The molecule has 8 heteroatoms. The van der Waals surface area contributed by atoms with Gasteiger partial charge in [-0.15, -0.1) is 0 Å². The van der Waals surface area contributed by atoms with Crippen LogP contribution >= 0.6 is 11.6 Å². The van der Waals surface area contributed by atoms with Crippen molar-refractivity contribution < 1.29 is 26.3 Å². The van der Waals surface area contributed by atoms with Crippen LogP contribution in [0.2, 0.25) is 5.15 Å². The molecule has 1 aromatic heterocycles. The Labute approximate surface area is 107 Å².